The molecule has 1 aromatic rings. The summed E-state index contributed by atoms with van der Waals surface area (Å²) in [6, 6.07) is 3.21. The third-order valence-corrected chi connectivity index (χ3v) is 2.74. The molecule has 0 bridgehead atoms. The maximum absolute atomic E-state index is 11.6. The SMILES string of the molecule is CCc1cc(C(C)=O)cc(C(C)=O)c1C(C)=O. The minimum atomic E-state index is -0.187. The zero-order valence-electron chi connectivity index (χ0n) is 10.6. The summed E-state index contributed by atoms with van der Waals surface area (Å²) in [7, 11) is 0. The number of aryl methyl sites for hydroxylation is 1. The number of Topliss-reactive ketones (excluding diaryl/α,β-unsaturated/α-hetero) is 3. The molecule has 0 aromatic heterocycles. The lowest BCUT2D eigenvalue weighted by Gasteiger charge is -2.11. The average Bonchev–Trinajstić information content (AvgIpc) is 2.26. The summed E-state index contributed by atoms with van der Waals surface area (Å²) >= 11 is 0. The van der Waals surface area contributed by atoms with Gasteiger partial charge in [-0.15, -0.1) is 0 Å². The first-order chi connectivity index (χ1) is 7.88. The van der Waals surface area contributed by atoms with E-state index < -0.39 is 0 Å². The van der Waals surface area contributed by atoms with Gasteiger partial charge >= 0.3 is 0 Å². The molecule has 0 aliphatic rings. The lowest BCUT2D eigenvalue weighted by Crippen LogP contribution is -2.10. The minimum absolute atomic E-state index is 0.0997. The molecule has 0 N–H and O–H groups in total. The first-order valence-electron chi connectivity index (χ1n) is 5.58. The van der Waals surface area contributed by atoms with E-state index in [1.54, 1.807) is 6.07 Å². The van der Waals surface area contributed by atoms with E-state index in [9.17, 15) is 14.4 Å². The van der Waals surface area contributed by atoms with Crippen molar-refractivity contribution in [2.24, 2.45) is 0 Å². The quantitative estimate of drug-likeness (QED) is 0.750. The van der Waals surface area contributed by atoms with Crippen molar-refractivity contribution in [3.63, 3.8) is 0 Å². The highest BCUT2D eigenvalue weighted by Crippen LogP contribution is 2.20. The van der Waals surface area contributed by atoms with Crippen LogP contribution in [0.2, 0.25) is 0 Å². The van der Waals surface area contributed by atoms with Gasteiger partial charge in [0.15, 0.2) is 17.3 Å². The number of carbonyl (C=O) groups excluding carboxylic acids is 3. The van der Waals surface area contributed by atoms with Crippen molar-refractivity contribution in [2.75, 3.05) is 0 Å². The summed E-state index contributed by atoms with van der Waals surface area (Å²) < 4.78 is 0. The minimum Gasteiger partial charge on any atom is -0.295 e. The number of ketones is 3. The first-order valence-corrected chi connectivity index (χ1v) is 5.58. The molecule has 0 heterocycles. The zero-order valence-corrected chi connectivity index (χ0v) is 10.6. The van der Waals surface area contributed by atoms with Crippen LogP contribution in [-0.2, 0) is 6.42 Å². The van der Waals surface area contributed by atoms with Crippen molar-refractivity contribution in [1.29, 1.82) is 0 Å². The lowest BCUT2D eigenvalue weighted by molar-refractivity contribution is 0.0978. The fourth-order valence-electron chi connectivity index (χ4n) is 1.88. The highest BCUT2D eigenvalue weighted by atomic mass is 16.1. The molecule has 3 nitrogen and oxygen atoms in total. The van der Waals surface area contributed by atoms with Crippen molar-refractivity contribution in [3.05, 3.63) is 34.4 Å². The third kappa shape index (κ3) is 2.67. The van der Waals surface area contributed by atoms with Gasteiger partial charge < -0.3 is 0 Å². The molecule has 0 radical (unpaired) electrons. The molecule has 0 aliphatic heterocycles. The van der Waals surface area contributed by atoms with Crippen LogP contribution in [-0.4, -0.2) is 17.3 Å². The Labute approximate surface area is 101 Å². The number of benzene rings is 1. The van der Waals surface area contributed by atoms with Crippen LogP contribution in [0.3, 0.4) is 0 Å². The molecule has 1 rings (SSSR count). The zero-order chi connectivity index (χ0) is 13.2. The molecule has 0 aliphatic carbocycles. The molecule has 0 unspecified atom stereocenters. The maximum Gasteiger partial charge on any atom is 0.160 e. The van der Waals surface area contributed by atoms with Gasteiger partial charge in [-0.2, -0.15) is 0 Å². The maximum atomic E-state index is 11.6. The van der Waals surface area contributed by atoms with E-state index in [2.05, 4.69) is 0 Å². The molecular formula is C14H16O3. The number of hydrogen-bond acceptors (Lipinski definition) is 3. The van der Waals surface area contributed by atoms with E-state index in [-0.39, 0.29) is 17.3 Å². The van der Waals surface area contributed by atoms with E-state index in [4.69, 9.17) is 0 Å². The van der Waals surface area contributed by atoms with Crippen LogP contribution >= 0.6 is 0 Å². The highest BCUT2D eigenvalue weighted by molar-refractivity contribution is 6.10. The second-order valence-corrected chi connectivity index (χ2v) is 4.08. The summed E-state index contributed by atoms with van der Waals surface area (Å²) in [5.74, 6) is -0.424. The van der Waals surface area contributed by atoms with Crippen LogP contribution in [0.15, 0.2) is 12.1 Å². The molecule has 1 aromatic carbocycles. The first kappa shape index (κ1) is 13.3. The van der Waals surface area contributed by atoms with Crippen LogP contribution in [0.5, 0.6) is 0 Å². The average molecular weight is 232 g/mol. The van der Waals surface area contributed by atoms with Crippen molar-refractivity contribution >= 4 is 17.3 Å². The normalized spacial score (nSPS) is 10.1. The van der Waals surface area contributed by atoms with Crippen LogP contribution < -0.4 is 0 Å². The summed E-state index contributed by atoms with van der Waals surface area (Å²) in [5.41, 5.74) is 2.04. The van der Waals surface area contributed by atoms with Crippen LogP contribution in [0.4, 0.5) is 0 Å². The number of hydrogen-bond donors (Lipinski definition) is 0. The van der Waals surface area contributed by atoms with Crippen molar-refractivity contribution in [3.8, 4) is 0 Å². The molecule has 90 valence electrons. The predicted octanol–water partition coefficient (Wildman–Crippen LogP) is 2.86. The molecule has 17 heavy (non-hydrogen) atoms. The van der Waals surface area contributed by atoms with Crippen LogP contribution in [0.25, 0.3) is 0 Å². The number of rotatable bonds is 4. The summed E-state index contributed by atoms with van der Waals surface area (Å²) in [4.78, 5) is 34.5. The van der Waals surface area contributed by atoms with Crippen molar-refractivity contribution in [1.82, 2.24) is 0 Å². The summed E-state index contributed by atoms with van der Waals surface area (Å²) in [5, 5.41) is 0. The smallest absolute Gasteiger partial charge is 0.160 e. The topological polar surface area (TPSA) is 51.2 Å². The Morgan fingerprint density at radius 1 is 0.941 bits per heavy atom. The number of carbonyl (C=O) groups is 3. The molecule has 0 spiro atoms. The van der Waals surface area contributed by atoms with Crippen molar-refractivity contribution < 1.29 is 14.4 Å². The Bertz CT molecular complexity index is 498. The molecule has 0 saturated carbocycles. The Balaban J connectivity index is 3.63. The largest absolute Gasteiger partial charge is 0.295 e. The Morgan fingerprint density at radius 2 is 1.53 bits per heavy atom. The standard InChI is InChI=1S/C14H16O3/c1-5-11-6-12(8(2)15)7-13(9(3)16)14(11)10(4)17/h6-7H,5H2,1-4H3. The van der Waals surface area contributed by atoms with E-state index in [0.29, 0.717) is 23.1 Å². The van der Waals surface area contributed by atoms with Crippen LogP contribution in [0, 0.1) is 0 Å². The van der Waals surface area contributed by atoms with Crippen molar-refractivity contribution in [2.45, 2.75) is 34.1 Å². The Morgan fingerprint density at radius 3 is 1.88 bits per heavy atom. The van der Waals surface area contributed by atoms with Gasteiger partial charge in [-0.25, -0.2) is 0 Å². The molecule has 0 fully saturated rings. The van der Waals surface area contributed by atoms with Gasteiger partial charge in [0.2, 0.25) is 0 Å². The van der Waals surface area contributed by atoms with Gasteiger partial charge in [-0.1, -0.05) is 6.92 Å². The Hall–Kier alpha value is -1.77. The van der Waals surface area contributed by atoms with Crippen LogP contribution in [0.1, 0.15) is 64.3 Å². The summed E-state index contributed by atoms with van der Waals surface area (Å²) in [6.45, 7) is 6.20. The van der Waals surface area contributed by atoms with E-state index >= 15 is 0 Å². The predicted molar refractivity (Wildman–Crippen MR) is 65.8 cm³/mol. The fourth-order valence-corrected chi connectivity index (χ4v) is 1.88. The lowest BCUT2D eigenvalue weighted by atomic mass is 9.91. The second-order valence-electron chi connectivity index (χ2n) is 4.08. The van der Waals surface area contributed by atoms with Gasteiger partial charge in [-0.05, 0) is 44.9 Å². The van der Waals surface area contributed by atoms with Gasteiger partial charge in [0.25, 0.3) is 0 Å². The molecule has 0 saturated heterocycles. The molecule has 0 amide bonds. The monoisotopic (exact) mass is 232 g/mol. The fraction of sp³-hybridized carbons (Fsp3) is 0.357. The molecular weight excluding hydrogens is 216 g/mol. The summed E-state index contributed by atoms with van der Waals surface area (Å²) in [6.07, 6.45) is 0.621. The van der Waals surface area contributed by atoms with Gasteiger partial charge in [0.05, 0.1) is 0 Å². The molecule has 0 atom stereocenters. The van der Waals surface area contributed by atoms with Gasteiger partial charge in [0, 0.05) is 16.7 Å². The van der Waals surface area contributed by atoms with E-state index in [1.807, 2.05) is 6.92 Å². The van der Waals surface area contributed by atoms with Gasteiger partial charge in [-0.3, -0.25) is 14.4 Å². The van der Waals surface area contributed by atoms with Gasteiger partial charge in [0.1, 0.15) is 0 Å². The highest BCUT2D eigenvalue weighted by Gasteiger charge is 2.17. The third-order valence-electron chi connectivity index (χ3n) is 2.74. The van der Waals surface area contributed by atoms with E-state index in [1.165, 1.54) is 26.8 Å². The second kappa shape index (κ2) is 5.04. The Kier molecular flexibility index (Phi) is 3.94. The van der Waals surface area contributed by atoms with E-state index in [0.717, 1.165) is 5.56 Å². The molecule has 3 heteroatoms.